The lowest BCUT2D eigenvalue weighted by Gasteiger charge is -2.10. The van der Waals surface area contributed by atoms with Crippen molar-refractivity contribution in [2.24, 2.45) is 5.92 Å². The van der Waals surface area contributed by atoms with Crippen LogP contribution in [0.3, 0.4) is 0 Å². The fraction of sp³-hybridized carbons (Fsp3) is 0.385. The molecule has 0 atom stereocenters. The number of benzene rings is 1. The normalized spacial score (nSPS) is 14.2. The third-order valence-electron chi connectivity index (χ3n) is 3.05. The number of rotatable bonds is 5. The molecule has 0 aromatic heterocycles. The van der Waals surface area contributed by atoms with Gasteiger partial charge in [0.05, 0.1) is 16.4 Å². The molecule has 0 unspecified atom stereocenters. The molecule has 1 fully saturated rings. The number of carbonyl (C=O) groups excluding carboxylic acids is 2. The number of anilines is 1. The smallest absolute Gasteiger partial charge is 0.416 e. The highest BCUT2D eigenvalue weighted by molar-refractivity contribution is 5.95. The number of nitrogens with one attached hydrogen (secondary N) is 1. The summed E-state index contributed by atoms with van der Waals surface area (Å²) in [6.45, 7) is -0.659. The first-order valence-corrected chi connectivity index (χ1v) is 6.50. The van der Waals surface area contributed by atoms with E-state index >= 15 is 0 Å². The SMILES string of the molecule is O=C(COC(=O)C1CC1)Nc1ccc(C(F)(F)F)cc1[N+](=O)[O-]. The van der Waals surface area contributed by atoms with Crippen LogP contribution in [-0.2, 0) is 20.5 Å². The first kappa shape index (κ1) is 16.7. The Kier molecular flexibility index (Phi) is 4.52. The zero-order valence-corrected chi connectivity index (χ0v) is 11.6. The predicted octanol–water partition coefficient (Wildman–Crippen LogP) is 2.51. The van der Waals surface area contributed by atoms with E-state index in [2.05, 4.69) is 10.1 Å². The van der Waals surface area contributed by atoms with Crippen LogP contribution in [0.25, 0.3) is 0 Å². The second-order valence-electron chi connectivity index (χ2n) is 4.92. The lowest BCUT2D eigenvalue weighted by Crippen LogP contribution is -2.22. The van der Waals surface area contributed by atoms with E-state index in [-0.39, 0.29) is 5.92 Å². The summed E-state index contributed by atoms with van der Waals surface area (Å²) in [5, 5.41) is 12.9. The van der Waals surface area contributed by atoms with Crippen LogP contribution in [0.5, 0.6) is 0 Å². The van der Waals surface area contributed by atoms with Crippen LogP contribution in [0.2, 0.25) is 0 Å². The topological polar surface area (TPSA) is 98.5 Å². The first-order chi connectivity index (χ1) is 10.7. The van der Waals surface area contributed by atoms with Crippen LogP contribution in [0.15, 0.2) is 18.2 Å². The molecular formula is C13H11F3N2O5. The summed E-state index contributed by atoms with van der Waals surface area (Å²) in [6.07, 6.45) is -3.37. The molecule has 1 N–H and O–H groups in total. The van der Waals surface area contributed by atoms with Crippen molar-refractivity contribution in [3.8, 4) is 0 Å². The van der Waals surface area contributed by atoms with Crippen molar-refractivity contribution in [3.05, 3.63) is 33.9 Å². The Hall–Kier alpha value is -2.65. The minimum Gasteiger partial charge on any atom is -0.455 e. The molecular weight excluding hydrogens is 321 g/mol. The Morgan fingerprint density at radius 2 is 2.00 bits per heavy atom. The van der Waals surface area contributed by atoms with Crippen LogP contribution in [-0.4, -0.2) is 23.4 Å². The highest BCUT2D eigenvalue weighted by Crippen LogP contribution is 2.35. The van der Waals surface area contributed by atoms with E-state index in [1.165, 1.54) is 0 Å². The highest BCUT2D eigenvalue weighted by atomic mass is 19.4. The van der Waals surface area contributed by atoms with Gasteiger partial charge in [0.1, 0.15) is 5.69 Å². The van der Waals surface area contributed by atoms with Crippen LogP contribution in [0.1, 0.15) is 18.4 Å². The van der Waals surface area contributed by atoms with Gasteiger partial charge in [0, 0.05) is 6.07 Å². The van der Waals surface area contributed by atoms with Gasteiger partial charge < -0.3 is 10.1 Å². The molecule has 7 nitrogen and oxygen atoms in total. The van der Waals surface area contributed by atoms with Crippen molar-refractivity contribution in [1.82, 2.24) is 0 Å². The maximum atomic E-state index is 12.5. The van der Waals surface area contributed by atoms with E-state index in [9.17, 15) is 32.9 Å². The van der Waals surface area contributed by atoms with Crippen LogP contribution >= 0.6 is 0 Å². The van der Waals surface area contributed by atoms with E-state index in [1.807, 2.05) is 0 Å². The van der Waals surface area contributed by atoms with Crippen molar-refractivity contribution >= 4 is 23.3 Å². The molecule has 0 heterocycles. The fourth-order valence-corrected chi connectivity index (χ4v) is 1.72. The maximum absolute atomic E-state index is 12.5. The third-order valence-corrected chi connectivity index (χ3v) is 3.05. The minimum atomic E-state index is -4.74. The van der Waals surface area contributed by atoms with Gasteiger partial charge in [-0.25, -0.2) is 0 Å². The average molecular weight is 332 g/mol. The second kappa shape index (κ2) is 6.23. The molecule has 124 valence electrons. The number of halogens is 3. The third kappa shape index (κ3) is 4.41. The van der Waals surface area contributed by atoms with Crippen molar-refractivity contribution in [2.45, 2.75) is 19.0 Å². The number of alkyl halides is 3. The summed E-state index contributed by atoms with van der Waals surface area (Å²) in [4.78, 5) is 32.6. The Labute approximate surface area is 127 Å². The number of hydrogen-bond donors (Lipinski definition) is 1. The zero-order valence-electron chi connectivity index (χ0n) is 11.6. The number of esters is 1. The quantitative estimate of drug-likeness (QED) is 0.507. The summed E-state index contributed by atoms with van der Waals surface area (Å²) in [7, 11) is 0. The Balaban J connectivity index is 2.07. The maximum Gasteiger partial charge on any atom is 0.416 e. The Bertz CT molecular complexity index is 656. The number of nitro benzene ring substituents is 1. The average Bonchev–Trinajstić information content (AvgIpc) is 3.28. The number of amides is 1. The largest absolute Gasteiger partial charge is 0.455 e. The molecule has 1 aliphatic rings. The van der Waals surface area contributed by atoms with Crippen molar-refractivity contribution < 1.29 is 32.4 Å². The number of nitrogens with zero attached hydrogens (tertiary/aromatic N) is 1. The molecule has 1 aliphatic carbocycles. The molecule has 1 aromatic carbocycles. The number of ether oxygens (including phenoxy) is 1. The van der Waals surface area contributed by atoms with E-state index in [1.54, 1.807) is 0 Å². The molecule has 1 amide bonds. The summed E-state index contributed by atoms with van der Waals surface area (Å²) in [5.41, 5.74) is -2.51. The van der Waals surface area contributed by atoms with Crippen molar-refractivity contribution in [1.29, 1.82) is 0 Å². The Morgan fingerprint density at radius 1 is 1.35 bits per heavy atom. The van der Waals surface area contributed by atoms with Gasteiger partial charge in [-0.15, -0.1) is 0 Å². The van der Waals surface area contributed by atoms with Gasteiger partial charge in [-0.1, -0.05) is 0 Å². The van der Waals surface area contributed by atoms with Crippen LogP contribution < -0.4 is 5.32 Å². The van der Waals surface area contributed by atoms with Gasteiger partial charge >= 0.3 is 12.1 Å². The van der Waals surface area contributed by atoms with Crippen LogP contribution in [0.4, 0.5) is 24.5 Å². The second-order valence-corrected chi connectivity index (χ2v) is 4.92. The molecule has 1 saturated carbocycles. The number of carbonyl (C=O) groups is 2. The van der Waals surface area contributed by atoms with Gasteiger partial charge in [-0.05, 0) is 25.0 Å². The fourth-order valence-electron chi connectivity index (χ4n) is 1.72. The lowest BCUT2D eigenvalue weighted by molar-refractivity contribution is -0.384. The summed E-state index contributed by atoms with van der Waals surface area (Å²) in [6, 6.07) is 1.71. The molecule has 0 radical (unpaired) electrons. The summed E-state index contributed by atoms with van der Waals surface area (Å²) < 4.78 is 42.3. The van der Waals surface area contributed by atoms with E-state index in [0.29, 0.717) is 25.0 Å². The van der Waals surface area contributed by atoms with Gasteiger partial charge in [0.2, 0.25) is 0 Å². The number of nitro groups is 1. The van der Waals surface area contributed by atoms with E-state index in [0.717, 1.165) is 6.07 Å². The van der Waals surface area contributed by atoms with E-state index in [4.69, 9.17) is 0 Å². The van der Waals surface area contributed by atoms with Gasteiger partial charge in [-0.2, -0.15) is 13.2 Å². The van der Waals surface area contributed by atoms with Gasteiger partial charge in [0.25, 0.3) is 11.6 Å². The van der Waals surface area contributed by atoms with Crippen molar-refractivity contribution in [2.75, 3.05) is 11.9 Å². The number of hydrogen-bond acceptors (Lipinski definition) is 5. The molecule has 0 bridgehead atoms. The highest BCUT2D eigenvalue weighted by Gasteiger charge is 2.34. The molecule has 0 saturated heterocycles. The lowest BCUT2D eigenvalue weighted by atomic mass is 10.1. The summed E-state index contributed by atoms with van der Waals surface area (Å²) in [5.74, 6) is -1.63. The first-order valence-electron chi connectivity index (χ1n) is 6.50. The minimum absolute atomic E-state index is 0.219. The predicted molar refractivity (Wildman–Crippen MR) is 70.4 cm³/mol. The molecule has 23 heavy (non-hydrogen) atoms. The monoisotopic (exact) mass is 332 g/mol. The summed E-state index contributed by atoms with van der Waals surface area (Å²) >= 11 is 0. The van der Waals surface area contributed by atoms with Crippen molar-refractivity contribution in [3.63, 3.8) is 0 Å². The van der Waals surface area contributed by atoms with Gasteiger partial charge in [0.15, 0.2) is 6.61 Å². The van der Waals surface area contributed by atoms with E-state index < -0.39 is 46.5 Å². The molecule has 10 heteroatoms. The molecule has 2 rings (SSSR count). The van der Waals surface area contributed by atoms with Gasteiger partial charge in [-0.3, -0.25) is 19.7 Å². The molecule has 0 spiro atoms. The van der Waals surface area contributed by atoms with Crippen LogP contribution in [0, 0.1) is 16.0 Å². The Morgan fingerprint density at radius 3 is 2.52 bits per heavy atom. The standard InChI is InChI=1S/C13H11F3N2O5/c14-13(15,16)8-3-4-9(10(5-8)18(21)22)17-11(19)6-23-12(20)7-1-2-7/h3-5,7H,1-2,6H2,(H,17,19). The molecule has 1 aromatic rings. The molecule has 0 aliphatic heterocycles. The zero-order chi connectivity index (χ0) is 17.2.